The van der Waals surface area contributed by atoms with Gasteiger partial charge in [-0.2, -0.15) is 8.78 Å². The predicted molar refractivity (Wildman–Crippen MR) is 44.1 cm³/mol. The van der Waals surface area contributed by atoms with Crippen LogP contribution in [0.25, 0.3) is 0 Å². The molecule has 0 aliphatic carbocycles. The number of nitro benzene ring substituents is 1. The number of hydrogen-bond donors (Lipinski definition) is 1. The Kier molecular flexibility index (Phi) is 2.76. The van der Waals surface area contributed by atoms with Gasteiger partial charge in [-0.25, -0.2) is 0 Å². The number of nitrogens with zero attached hydrogens (tertiary/aromatic N) is 1. The molecule has 0 aliphatic heterocycles. The van der Waals surface area contributed by atoms with E-state index >= 15 is 0 Å². The Bertz CT molecular complexity index is 354. The first kappa shape index (κ1) is 10.5. The molecule has 76 valence electrons. The Morgan fingerprint density at radius 3 is 2.64 bits per heavy atom. The number of aliphatic hydroxyl groups is 1. The van der Waals surface area contributed by atoms with Gasteiger partial charge in [0.2, 0.25) is 0 Å². The summed E-state index contributed by atoms with van der Waals surface area (Å²) in [5.41, 5.74) is -0.982. The first-order valence-corrected chi connectivity index (χ1v) is 3.71. The Morgan fingerprint density at radius 2 is 2.14 bits per heavy atom. The Morgan fingerprint density at radius 1 is 1.50 bits per heavy atom. The van der Waals surface area contributed by atoms with Gasteiger partial charge < -0.3 is 5.11 Å². The fourth-order valence-electron chi connectivity index (χ4n) is 0.938. The minimum atomic E-state index is -3.44. The second-order valence-electron chi connectivity index (χ2n) is 2.67. The van der Waals surface area contributed by atoms with Crippen LogP contribution in [0.5, 0.6) is 0 Å². The maximum atomic E-state index is 12.9. The minimum Gasteiger partial charge on any atom is -0.390 e. The molecule has 6 heteroatoms. The fourth-order valence-corrected chi connectivity index (χ4v) is 0.938. The fraction of sp³-hybridized carbons (Fsp3) is 0.250. The number of nitro groups is 1. The van der Waals surface area contributed by atoms with Gasteiger partial charge in [0.05, 0.1) is 4.92 Å². The van der Waals surface area contributed by atoms with Gasteiger partial charge in [-0.15, -0.1) is 0 Å². The number of halogens is 2. The summed E-state index contributed by atoms with van der Waals surface area (Å²) in [7, 11) is 0. The van der Waals surface area contributed by atoms with Crippen molar-refractivity contribution in [2.75, 3.05) is 6.61 Å². The summed E-state index contributed by atoms with van der Waals surface area (Å²) in [5.74, 6) is -3.44. The van der Waals surface area contributed by atoms with E-state index in [9.17, 15) is 18.9 Å². The van der Waals surface area contributed by atoms with E-state index in [1.165, 1.54) is 0 Å². The van der Waals surface area contributed by atoms with Crippen LogP contribution in [0.15, 0.2) is 24.3 Å². The van der Waals surface area contributed by atoms with Crippen molar-refractivity contribution >= 4 is 5.69 Å². The van der Waals surface area contributed by atoms with Crippen molar-refractivity contribution in [1.82, 2.24) is 0 Å². The third-order valence-corrected chi connectivity index (χ3v) is 1.68. The van der Waals surface area contributed by atoms with Crippen LogP contribution in [0.2, 0.25) is 0 Å². The van der Waals surface area contributed by atoms with Gasteiger partial charge in [-0.05, 0) is 0 Å². The smallest absolute Gasteiger partial charge is 0.296 e. The Hall–Kier alpha value is -1.56. The summed E-state index contributed by atoms with van der Waals surface area (Å²) in [6, 6.07) is 4.04. The van der Waals surface area contributed by atoms with Gasteiger partial charge >= 0.3 is 0 Å². The van der Waals surface area contributed by atoms with Crippen LogP contribution in [0.4, 0.5) is 14.5 Å². The SMILES string of the molecule is O=[N+]([O-])c1cccc(C(F)(F)CO)c1. The average Bonchev–Trinajstić information content (AvgIpc) is 2.18. The van der Waals surface area contributed by atoms with Gasteiger partial charge in [-0.3, -0.25) is 10.1 Å². The third kappa shape index (κ3) is 2.02. The first-order chi connectivity index (χ1) is 6.47. The lowest BCUT2D eigenvalue weighted by atomic mass is 10.1. The van der Waals surface area contributed by atoms with Crippen molar-refractivity contribution in [3.8, 4) is 0 Å². The van der Waals surface area contributed by atoms with Crippen molar-refractivity contribution in [1.29, 1.82) is 0 Å². The summed E-state index contributed by atoms with van der Waals surface area (Å²) in [4.78, 5) is 9.50. The Balaban J connectivity index is 3.12. The van der Waals surface area contributed by atoms with Gasteiger partial charge in [0, 0.05) is 17.7 Å². The van der Waals surface area contributed by atoms with Gasteiger partial charge in [-0.1, -0.05) is 12.1 Å². The molecule has 0 fully saturated rings. The molecule has 0 aliphatic rings. The summed E-state index contributed by atoms with van der Waals surface area (Å²) < 4.78 is 25.7. The molecular formula is C8H7F2NO3. The van der Waals surface area contributed by atoms with E-state index in [0.29, 0.717) is 0 Å². The van der Waals surface area contributed by atoms with E-state index in [1.54, 1.807) is 0 Å². The number of alkyl halides is 2. The van der Waals surface area contributed by atoms with E-state index in [0.717, 1.165) is 24.3 Å². The second-order valence-corrected chi connectivity index (χ2v) is 2.67. The van der Waals surface area contributed by atoms with Crippen LogP contribution in [-0.4, -0.2) is 16.6 Å². The van der Waals surface area contributed by atoms with Crippen molar-refractivity contribution in [2.45, 2.75) is 5.92 Å². The molecule has 14 heavy (non-hydrogen) atoms. The molecule has 1 aromatic carbocycles. The zero-order valence-electron chi connectivity index (χ0n) is 6.98. The normalized spacial score (nSPS) is 11.4. The summed E-state index contributed by atoms with van der Waals surface area (Å²) >= 11 is 0. The van der Waals surface area contributed by atoms with E-state index in [1.807, 2.05) is 0 Å². The molecule has 1 aromatic rings. The van der Waals surface area contributed by atoms with Crippen LogP contribution in [-0.2, 0) is 5.92 Å². The topological polar surface area (TPSA) is 63.4 Å². The van der Waals surface area contributed by atoms with E-state index < -0.39 is 28.7 Å². The first-order valence-electron chi connectivity index (χ1n) is 3.71. The number of aliphatic hydroxyl groups excluding tert-OH is 1. The van der Waals surface area contributed by atoms with E-state index in [-0.39, 0.29) is 0 Å². The summed E-state index contributed by atoms with van der Waals surface area (Å²) in [5, 5.41) is 18.6. The molecule has 0 atom stereocenters. The molecule has 0 radical (unpaired) electrons. The highest BCUT2D eigenvalue weighted by atomic mass is 19.3. The molecule has 0 heterocycles. The lowest BCUT2D eigenvalue weighted by molar-refractivity contribution is -0.385. The highest BCUT2D eigenvalue weighted by Gasteiger charge is 2.31. The average molecular weight is 203 g/mol. The number of benzene rings is 1. The molecule has 0 amide bonds. The highest BCUT2D eigenvalue weighted by molar-refractivity contribution is 5.36. The van der Waals surface area contributed by atoms with Crippen LogP contribution in [0.1, 0.15) is 5.56 Å². The summed E-state index contributed by atoms with van der Waals surface area (Å²) in [6.07, 6.45) is 0. The van der Waals surface area contributed by atoms with Crippen molar-refractivity contribution in [2.24, 2.45) is 0 Å². The molecule has 1 N–H and O–H groups in total. The molecule has 0 unspecified atom stereocenters. The van der Waals surface area contributed by atoms with Crippen molar-refractivity contribution < 1.29 is 18.8 Å². The van der Waals surface area contributed by atoms with Crippen LogP contribution in [0.3, 0.4) is 0 Å². The van der Waals surface area contributed by atoms with Crippen molar-refractivity contribution in [3.05, 3.63) is 39.9 Å². The van der Waals surface area contributed by atoms with Crippen LogP contribution < -0.4 is 0 Å². The summed E-state index contributed by atoms with van der Waals surface area (Å²) in [6.45, 7) is -1.37. The lowest BCUT2D eigenvalue weighted by Gasteiger charge is -2.12. The van der Waals surface area contributed by atoms with E-state index in [4.69, 9.17) is 5.11 Å². The molecule has 0 saturated heterocycles. The van der Waals surface area contributed by atoms with Crippen LogP contribution >= 0.6 is 0 Å². The number of rotatable bonds is 3. The third-order valence-electron chi connectivity index (χ3n) is 1.68. The lowest BCUT2D eigenvalue weighted by Crippen LogP contribution is -2.18. The zero-order valence-corrected chi connectivity index (χ0v) is 6.98. The second kappa shape index (κ2) is 3.67. The minimum absolute atomic E-state index is 0.421. The van der Waals surface area contributed by atoms with Gasteiger partial charge in [0.1, 0.15) is 6.61 Å². The van der Waals surface area contributed by atoms with Gasteiger partial charge in [0.25, 0.3) is 11.6 Å². The monoisotopic (exact) mass is 203 g/mol. The molecule has 0 spiro atoms. The number of hydrogen-bond acceptors (Lipinski definition) is 3. The predicted octanol–water partition coefficient (Wildman–Crippen LogP) is 1.68. The van der Waals surface area contributed by atoms with E-state index in [2.05, 4.69) is 0 Å². The van der Waals surface area contributed by atoms with Crippen molar-refractivity contribution in [3.63, 3.8) is 0 Å². The zero-order chi connectivity index (χ0) is 10.8. The number of non-ortho nitro benzene ring substituents is 1. The largest absolute Gasteiger partial charge is 0.390 e. The molecule has 0 saturated carbocycles. The van der Waals surface area contributed by atoms with Crippen LogP contribution in [0, 0.1) is 10.1 Å². The quantitative estimate of drug-likeness (QED) is 0.600. The maximum Gasteiger partial charge on any atom is 0.296 e. The maximum absolute atomic E-state index is 12.9. The molecule has 1 rings (SSSR count). The van der Waals surface area contributed by atoms with Gasteiger partial charge in [0.15, 0.2) is 0 Å². The molecular weight excluding hydrogens is 196 g/mol. The highest BCUT2D eigenvalue weighted by Crippen LogP contribution is 2.29. The molecule has 0 aromatic heterocycles. The standard InChI is InChI=1S/C8H7F2NO3/c9-8(10,5-12)6-2-1-3-7(4-6)11(13)14/h1-4,12H,5H2. The molecule has 4 nitrogen and oxygen atoms in total. The Labute approximate surface area is 77.9 Å². The molecule has 0 bridgehead atoms.